The quantitative estimate of drug-likeness (QED) is 0.517. The smallest absolute Gasteiger partial charge is 0.238 e. The van der Waals surface area contributed by atoms with Gasteiger partial charge in [0.15, 0.2) is 0 Å². The topological polar surface area (TPSA) is 107 Å². The van der Waals surface area contributed by atoms with E-state index >= 15 is 0 Å². The Morgan fingerprint density at radius 3 is 1.76 bits per heavy atom. The molecule has 0 unspecified atom stereocenters. The monoisotopic (exact) mass is 248 g/mol. The summed E-state index contributed by atoms with van der Waals surface area (Å²) in [4.78, 5) is 20.4. The van der Waals surface area contributed by atoms with Gasteiger partial charge in [-0.05, 0) is 6.42 Å². The average molecular weight is 248 g/mol. The van der Waals surface area contributed by atoms with Crippen LogP contribution < -0.4 is 0 Å². The van der Waals surface area contributed by atoms with Crippen molar-refractivity contribution in [1.29, 1.82) is 0 Å². The van der Waals surface area contributed by atoms with Crippen molar-refractivity contribution in [3.05, 3.63) is 20.2 Å². The lowest BCUT2D eigenvalue weighted by molar-refractivity contribution is -0.541. The van der Waals surface area contributed by atoms with Gasteiger partial charge < -0.3 is 5.11 Å². The summed E-state index contributed by atoms with van der Waals surface area (Å²) in [6.45, 7) is 4.96. The molecule has 17 heavy (non-hydrogen) atoms. The van der Waals surface area contributed by atoms with Gasteiger partial charge in [-0.25, -0.2) is 0 Å². The molecule has 0 aliphatic carbocycles. The van der Waals surface area contributed by atoms with E-state index in [0.717, 1.165) is 0 Å². The standard InChI is InChI=1S/C10H20N2O5/c1-4-8(11(14)15)7(3)6-10(13)9(5-2)12(16)17/h7-10,13H,4-6H2,1-3H3/t7-,8-,9+,10+/m1/s1. The molecule has 0 radical (unpaired) electrons. The number of aliphatic hydroxyl groups is 1. The summed E-state index contributed by atoms with van der Waals surface area (Å²) >= 11 is 0. The number of rotatable bonds is 8. The minimum Gasteiger partial charge on any atom is -0.386 e. The highest BCUT2D eigenvalue weighted by Crippen LogP contribution is 2.19. The molecule has 0 bridgehead atoms. The van der Waals surface area contributed by atoms with Crippen molar-refractivity contribution in [3.63, 3.8) is 0 Å². The molecule has 0 rings (SSSR count). The predicted molar refractivity (Wildman–Crippen MR) is 61.9 cm³/mol. The molecule has 0 saturated heterocycles. The van der Waals surface area contributed by atoms with E-state index in [-0.39, 0.29) is 23.7 Å². The third-order valence-corrected chi connectivity index (χ3v) is 3.09. The molecular formula is C10H20N2O5. The highest BCUT2D eigenvalue weighted by atomic mass is 16.6. The van der Waals surface area contributed by atoms with Crippen molar-refractivity contribution >= 4 is 0 Å². The normalized spacial score (nSPS) is 18.1. The van der Waals surface area contributed by atoms with Gasteiger partial charge >= 0.3 is 0 Å². The molecule has 7 nitrogen and oxygen atoms in total. The van der Waals surface area contributed by atoms with Crippen molar-refractivity contribution in [2.75, 3.05) is 0 Å². The van der Waals surface area contributed by atoms with Gasteiger partial charge in [-0.15, -0.1) is 0 Å². The van der Waals surface area contributed by atoms with Crippen molar-refractivity contribution in [3.8, 4) is 0 Å². The lowest BCUT2D eigenvalue weighted by Crippen LogP contribution is -2.37. The first-order valence-corrected chi connectivity index (χ1v) is 5.80. The molecule has 1 N–H and O–H groups in total. The maximum Gasteiger partial charge on any atom is 0.238 e. The van der Waals surface area contributed by atoms with Gasteiger partial charge in [0.1, 0.15) is 6.10 Å². The fraction of sp³-hybridized carbons (Fsp3) is 1.00. The summed E-state index contributed by atoms with van der Waals surface area (Å²) in [5, 5.41) is 31.1. The predicted octanol–water partition coefficient (Wildman–Crippen LogP) is 1.48. The summed E-state index contributed by atoms with van der Waals surface area (Å²) < 4.78 is 0. The SMILES string of the molecule is CC[C@H]([C@H](C)C[C@H](O)[C@H](CC)[N+](=O)[O-])[N+](=O)[O-]. The molecule has 0 spiro atoms. The fourth-order valence-corrected chi connectivity index (χ4v) is 2.02. The molecule has 4 atom stereocenters. The van der Waals surface area contributed by atoms with E-state index < -0.39 is 23.1 Å². The maximum atomic E-state index is 10.7. The van der Waals surface area contributed by atoms with Crippen LogP contribution >= 0.6 is 0 Å². The minimum atomic E-state index is -1.13. The molecule has 0 saturated carbocycles. The first-order chi connectivity index (χ1) is 7.84. The van der Waals surface area contributed by atoms with E-state index in [2.05, 4.69) is 0 Å². The van der Waals surface area contributed by atoms with Gasteiger partial charge in [-0.1, -0.05) is 20.8 Å². The van der Waals surface area contributed by atoms with Crippen LogP contribution in [0.5, 0.6) is 0 Å². The number of nitrogens with zero attached hydrogens (tertiary/aromatic N) is 2. The van der Waals surface area contributed by atoms with E-state index in [9.17, 15) is 25.3 Å². The summed E-state index contributed by atoms with van der Waals surface area (Å²) in [5.74, 6) is -0.376. The second-order valence-electron chi connectivity index (χ2n) is 4.30. The van der Waals surface area contributed by atoms with Crippen LogP contribution in [0.25, 0.3) is 0 Å². The largest absolute Gasteiger partial charge is 0.386 e. The highest BCUT2D eigenvalue weighted by Gasteiger charge is 2.34. The number of aliphatic hydroxyl groups excluding tert-OH is 1. The zero-order chi connectivity index (χ0) is 13.6. The molecular weight excluding hydrogens is 228 g/mol. The van der Waals surface area contributed by atoms with Crippen LogP contribution in [-0.2, 0) is 0 Å². The van der Waals surface area contributed by atoms with Crippen molar-refractivity contribution in [2.24, 2.45) is 5.92 Å². The lowest BCUT2D eigenvalue weighted by Gasteiger charge is -2.20. The third kappa shape index (κ3) is 4.64. The Morgan fingerprint density at radius 1 is 1.06 bits per heavy atom. The van der Waals surface area contributed by atoms with Gasteiger partial charge in [0.05, 0.1) is 0 Å². The van der Waals surface area contributed by atoms with Crippen LogP contribution in [0.4, 0.5) is 0 Å². The second kappa shape index (κ2) is 7.16. The highest BCUT2D eigenvalue weighted by molar-refractivity contribution is 4.73. The summed E-state index contributed by atoms with van der Waals surface area (Å²) in [6, 6.07) is -1.80. The second-order valence-corrected chi connectivity index (χ2v) is 4.30. The van der Waals surface area contributed by atoms with E-state index in [1.165, 1.54) is 0 Å². The number of hydrogen-bond donors (Lipinski definition) is 1. The third-order valence-electron chi connectivity index (χ3n) is 3.09. The van der Waals surface area contributed by atoms with E-state index in [4.69, 9.17) is 0 Å². The first-order valence-electron chi connectivity index (χ1n) is 5.80. The average Bonchev–Trinajstić information content (AvgIpc) is 2.17. The van der Waals surface area contributed by atoms with Crippen LogP contribution in [0, 0.1) is 26.1 Å². The minimum absolute atomic E-state index is 0.0823. The Balaban J connectivity index is 4.50. The fourth-order valence-electron chi connectivity index (χ4n) is 2.02. The van der Waals surface area contributed by atoms with Crippen LogP contribution in [0.15, 0.2) is 0 Å². The molecule has 0 aromatic rings. The summed E-state index contributed by atoms with van der Waals surface area (Å²) in [6.07, 6.45) is -0.468. The molecule has 0 aliphatic heterocycles. The molecule has 100 valence electrons. The van der Waals surface area contributed by atoms with Crippen molar-refractivity contribution < 1.29 is 15.0 Å². The lowest BCUT2D eigenvalue weighted by atomic mass is 9.91. The molecule has 0 aliphatic rings. The molecule has 0 aromatic carbocycles. The Bertz CT molecular complexity index is 245. The summed E-state index contributed by atoms with van der Waals surface area (Å²) in [5.41, 5.74) is 0. The Morgan fingerprint density at radius 2 is 1.47 bits per heavy atom. The van der Waals surface area contributed by atoms with E-state index in [1.54, 1.807) is 20.8 Å². The molecule has 7 heteroatoms. The Kier molecular flexibility index (Phi) is 6.64. The van der Waals surface area contributed by atoms with Gasteiger partial charge in [0, 0.05) is 28.6 Å². The van der Waals surface area contributed by atoms with Gasteiger partial charge in [-0.2, -0.15) is 0 Å². The van der Waals surface area contributed by atoms with Gasteiger partial charge in [-0.3, -0.25) is 20.2 Å². The Hall–Kier alpha value is -1.24. The van der Waals surface area contributed by atoms with Gasteiger partial charge in [0.2, 0.25) is 12.1 Å². The first kappa shape index (κ1) is 15.8. The van der Waals surface area contributed by atoms with Crippen LogP contribution in [-0.4, -0.2) is 33.1 Å². The maximum absolute atomic E-state index is 10.7. The zero-order valence-electron chi connectivity index (χ0n) is 10.4. The molecule has 0 heterocycles. The molecule has 0 fully saturated rings. The van der Waals surface area contributed by atoms with Crippen LogP contribution in [0.3, 0.4) is 0 Å². The molecule has 0 aromatic heterocycles. The number of hydrogen-bond acceptors (Lipinski definition) is 5. The van der Waals surface area contributed by atoms with Crippen molar-refractivity contribution in [2.45, 2.75) is 58.2 Å². The van der Waals surface area contributed by atoms with E-state index in [0.29, 0.717) is 6.42 Å². The van der Waals surface area contributed by atoms with Crippen LogP contribution in [0.1, 0.15) is 40.0 Å². The Labute approximate surface area is 100 Å². The summed E-state index contributed by atoms with van der Waals surface area (Å²) in [7, 11) is 0. The van der Waals surface area contributed by atoms with E-state index in [1.807, 2.05) is 0 Å². The number of nitro groups is 2. The molecule has 0 amide bonds. The van der Waals surface area contributed by atoms with Gasteiger partial charge in [0.25, 0.3) is 0 Å². The van der Waals surface area contributed by atoms with Crippen LogP contribution in [0.2, 0.25) is 0 Å². The van der Waals surface area contributed by atoms with Crippen molar-refractivity contribution in [1.82, 2.24) is 0 Å². The zero-order valence-corrected chi connectivity index (χ0v) is 10.4.